The molecule has 0 aliphatic carbocycles. The zero-order chi connectivity index (χ0) is 55.1. The van der Waals surface area contributed by atoms with Gasteiger partial charge in [-0.2, -0.15) is 0 Å². The van der Waals surface area contributed by atoms with Gasteiger partial charge in [-0.05, 0) is 129 Å². The molecule has 1 radical (unpaired) electrons. The van der Waals surface area contributed by atoms with Crippen LogP contribution in [0.1, 0.15) is 107 Å². The van der Waals surface area contributed by atoms with E-state index >= 15 is 0 Å². The Morgan fingerprint density at radius 3 is 1.88 bits per heavy atom. The molecule has 0 bridgehead atoms. The van der Waals surface area contributed by atoms with E-state index in [1.54, 1.807) is 18.2 Å². The van der Waals surface area contributed by atoms with Gasteiger partial charge in [-0.25, -0.2) is 0 Å². The van der Waals surface area contributed by atoms with Crippen molar-refractivity contribution in [2.24, 2.45) is 0 Å². The average Bonchev–Trinajstić information content (AvgIpc) is 4.04. The Bertz CT molecular complexity index is 4140. The third-order valence-corrected chi connectivity index (χ3v) is 14.8. The van der Waals surface area contributed by atoms with Crippen LogP contribution in [0.15, 0.2) is 193 Å². The zero-order valence-corrected chi connectivity index (χ0v) is 49.0. The predicted molar refractivity (Wildman–Crippen MR) is 323 cm³/mol. The van der Waals surface area contributed by atoms with Crippen LogP contribution in [-0.4, -0.2) is 24.6 Å². The maximum atomic E-state index is 13.7. The van der Waals surface area contributed by atoms with Crippen LogP contribution >= 0.6 is 0 Å². The topological polar surface area (TPSA) is 77.0 Å². The summed E-state index contributed by atoms with van der Waals surface area (Å²) < 4.78 is 22.5. The number of nitrogens with zero attached hydrogens (tertiary/aromatic N) is 4. The molecule has 0 unspecified atom stereocenters. The Morgan fingerprint density at radius 2 is 1.20 bits per heavy atom. The van der Waals surface area contributed by atoms with Crippen LogP contribution in [0, 0.1) is 24.9 Å². The molecule has 0 aliphatic rings. The molecule has 6 nitrogen and oxygen atoms in total. The molecular weight excluding hydrogens is 1160 g/mol. The van der Waals surface area contributed by atoms with Gasteiger partial charge in [0.1, 0.15) is 11.3 Å². The fourth-order valence-electron chi connectivity index (χ4n) is 10.9. The van der Waals surface area contributed by atoms with Crippen LogP contribution in [-0.2, 0) is 20.1 Å². The van der Waals surface area contributed by atoms with Crippen molar-refractivity contribution in [3.63, 3.8) is 0 Å². The summed E-state index contributed by atoms with van der Waals surface area (Å²) in [6.45, 7) is 20.0. The van der Waals surface area contributed by atoms with Gasteiger partial charge >= 0.3 is 0 Å². The fourth-order valence-corrected chi connectivity index (χ4v) is 10.9. The minimum absolute atomic E-state index is 0. The van der Waals surface area contributed by atoms with Crippen LogP contribution in [0.2, 0.25) is 0 Å². The largest absolute Gasteiger partial charge is 0.507 e. The molecule has 0 atom stereocenters. The first-order chi connectivity index (χ1) is 38.2. The molecule has 0 aliphatic heterocycles. The maximum Gasteiger partial charge on any atom is 0.124 e. The van der Waals surface area contributed by atoms with Crippen molar-refractivity contribution < 1.29 is 34.0 Å². The van der Waals surface area contributed by atoms with Crippen LogP contribution in [0.25, 0.3) is 106 Å². The molecule has 0 fully saturated rings. The number of para-hydroxylation sites is 5. The van der Waals surface area contributed by atoms with E-state index in [-0.39, 0.29) is 43.5 Å². The first kappa shape index (κ1) is 55.0. The van der Waals surface area contributed by atoms with E-state index in [0.29, 0.717) is 34.4 Å². The second-order valence-corrected chi connectivity index (χ2v) is 21.7. The summed E-state index contributed by atoms with van der Waals surface area (Å²) in [6.07, 6.45) is 1.85. The molecule has 0 spiro atoms. The SMILES string of the molecule is CC(C)c1cc(-c2ccccc2)cc(C(C)C)c1-c1cc(-c2[c-]cc(F)cc2)nc(-c2ccccc2O)c1.Cc1ccnc(-c2[c-]c(-c3nc4ccccc4n3-c3c(C(C)C)cccc3C(C)C)cc3c2oc2ccccc23)c1.[Ir]. The number of furan rings is 1. The number of aromatic nitrogens is 4. The van der Waals surface area contributed by atoms with Crippen molar-refractivity contribution in [3.8, 4) is 78.9 Å². The number of halogens is 1. The molecule has 4 heterocycles. The third kappa shape index (κ3) is 10.8. The first-order valence-corrected chi connectivity index (χ1v) is 27.4. The van der Waals surface area contributed by atoms with Crippen LogP contribution in [0.4, 0.5) is 4.39 Å². The van der Waals surface area contributed by atoms with E-state index in [2.05, 4.69) is 194 Å². The molecule has 12 aromatic rings. The minimum atomic E-state index is -0.341. The van der Waals surface area contributed by atoms with E-state index in [0.717, 1.165) is 66.7 Å². The smallest absolute Gasteiger partial charge is 0.124 e. The Labute approximate surface area is 482 Å². The zero-order valence-electron chi connectivity index (χ0n) is 46.6. The van der Waals surface area contributed by atoms with Crippen molar-refractivity contribution in [2.45, 2.75) is 86.0 Å². The molecule has 8 heteroatoms. The Hall–Kier alpha value is -8.29. The monoisotopic (exact) mass is 1230 g/mol. The summed E-state index contributed by atoms with van der Waals surface area (Å²) in [4.78, 5) is 14.9. The van der Waals surface area contributed by atoms with Gasteiger partial charge < -0.3 is 14.1 Å². The molecule has 12 rings (SSSR count). The number of aryl methyl sites for hydroxylation is 1. The van der Waals surface area contributed by atoms with Gasteiger partial charge in [0.05, 0.1) is 28.1 Å². The minimum Gasteiger partial charge on any atom is -0.507 e. The van der Waals surface area contributed by atoms with Gasteiger partial charge in [-0.15, -0.1) is 42.0 Å². The predicted octanol–water partition coefficient (Wildman–Crippen LogP) is 19.6. The van der Waals surface area contributed by atoms with Crippen molar-refractivity contribution in [1.82, 2.24) is 19.5 Å². The van der Waals surface area contributed by atoms with Gasteiger partial charge in [0.2, 0.25) is 0 Å². The number of phenols is 1. The third-order valence-electron chi connectivity index (χ3n) is 14.8. The van der Waals surface area contributed by atoms with E-state index < -0.39 is 0 Å². The number of pyridine rings is 2. The number of imidazole rings is 1. The van der Waals surface area contributed by atoms with E-state index in [1.165, 1.54) is 56.8 Å². The first-order valence-electron chi connectivity index (χ1n) is 27.4. The summed E-state index contributed by atoms with van der Waals surface area (Å²) in [5.41, 5.74) is 21.0. The standard InChI is InChI=1S/C37H32N3O.C35H31FNO.Ir/c1-22(2)26-12-10-13-27(23(3)4)35(26)40-33-15-8-7-14-31(33)39-37(40)25-20-29-28-11-6-9-16-34(28)41-36(29)30(21-25)32-19-24(5)17-18-38-32;1-22(2)30-18-26(24-10-6-5-7-11-24)19-31(23(3)4)35(30)27-20-32(25-14-16-28(36)17-15-25)37-33(21-27)29-12-8-9-13-34(29)38;/h6-20,22-23H,1-5H3;5-14,16-23,38H,1-4H3;/q2*-1;. The fraction of sp³-hybridized carbons (Fsp3) is 0.181. The Balaban J connectivity index is 0.000000178. The summed E-state index contributed by atoms with van der Waals surface area (Å²) in [5.74, 6) is 1.91. The van der Waals surface area contributed by atoms with Gasteiger partial charge in [-0.1, -0.05) is 187 Å². The van der Waals surface area contributed by atoms with Crippen molar-refractivity contribution in [2.75, 3.05) is 0 Å². The number of aromatic hydroxyl groups is 1. The molecule has 401 valence electrons. The van der Waals surface area contributed by atoms with Crippen LogP contribution in [0.3, 0.4) is 0 Å². The number of hydrogen-bond donors (Lipinski definition) is 1. The number of hydrogen-bond acceptors (Lipinski definition) is 5. The van der Waals surface area contributed by atoms with Gasteiger partial charge in [-0.3, -0.25) is 19.3 Å². The van der Waals surface area contributed by atoms with Crippen LogP contribution in [0.5, 0.6) is 5.75 Å². The number of fused-ring (bicyclic) bond motifs is 4. The molecule has 8 aromatic carbocycles. The molecule has 4 aromatic heterocycles. The molecule has 80 heavy (non-hydrogen) atoms. The molecular formula is C72H63FIrN4O2-2. The van der Waals surface area contributed by atoms with E-state index in [4.69, 9.17) is 19.4 Å². The quantitative estimate of drug-likeness (QED) is 0.131. The summed E-state index contributed by atoms with van der Waals surface area (Å²) >= 11 is 0. The van der Waals surface area contributed by atoms with Crippen LogP contribution < -0.4 is 0 Å². The summed E-state index contributed by atoms with van der Waals surface area (Å²) in [5, 5.41) is 12.8. The average molecular weight is 1230 g/mol. The van der Waals surface area contributed by atoms with Gasteiger partial charge in [0.15, 0.2) is 0 Å². The molecule has 1 N–H and O–H groups in total. The summed E-state index contributed by atoms with van der Waals surface area (Å²) in [7, 11) is 0. The van der Waals surface area contributed by atoms with E-state index in [1.807, 2.05) is 42.6 Å². The van der Waals surface area contributed by atoms with Crippen molar-refractivity contribution in [3.05, 3.63) is 234 Å². The summed E-state index contributed by atoms with van der Waals surface area (Å²) in [6, 6.07) is 67.2. The molecule has 0 amide bonds. The second-order valence-electron chi connectivity index (χ2n) is 21.7. The van der Waals surface area contributed by atoms with Crippen molar-refractivity contribution >= 4 is 33.0 Å². The van der Waals surface area contributed by atoms with Crippen molar-refractivity contribution in [1.29, 1.82) is 0 Å². The normalized spacial score (nSPS) is 11.5. The Morgan fingerprint density at radius 1 is 0.550 bits per heavy atom. The Kier molecular flexibility index (Phi) is 16.0. The second kappa shape index (κ2) is 23.2. The van der Waals surface area contributed by atoms with Gasteiger partial charge in [0, 0.05) is 54.5 Å². The van der Waals surface area contributed by atoms with Gasteiger partial charge in [0.25, 0.3) is 0 Å². The molecule has 0 saturated carbocycles. The molecule has 0 saturated heterocycles. The number of benzene rings is 8. The number of phenolic OH excluding ortho intramolecular Hbond substituents is 1. The maximum absolute atomic E-state index is 13.7. The van der Waals surface area contributed by atoms with E-state index in [9.17, 15) is 9.50 Å². The number of rotatable bonds is 11.